The van der Waals surface area contributed by atoms with Crippen LogP contribution in [0.4, 0.5) is 0 Å². The third-order valence-electron chi connectivity index (χ3n) is 3.84. The summed E-state index contributed by atoms with van der Waals surface area (Å²) in [5.41, 5.74) is 6.90. The maximum absolute atomic E-state index is 6.27. The first-order valence-corrected chi connectivity index (χ1v) is 7.26. The topological polar surface area (TPSA) is 29.3 Å². The van der Waals surface area contributed by atoms with Crippen molar-refractivity contribution in [3.05, 3.63) is 33.8 Å². The van der Waals surface area contributed by atoms with Crippen molar-refractivity contribution in [3.63, 3.8) is 0 Å². The van der Waals surface area contributed by atoms with Crippen LogP contribution in [0.25, 0.3) is 0 Å². The van der Waals surface area contributed by atoms with Crippen LogP contribution in [0, 0.1) is 5.92 Å². The molecule has 2 rings (SSSR count). The summed E-state index contributed by atoms with van der Waals surface area (Å²) in [5, 5.41) is 1.54. The molecule has 2 nitrogen and oxygen atoms in total. The first kappa shape index (κ1) is 14.1. The number of likely N-dealkylation sites (tertiary alicyclic amines) is 1. The molecule has 0 bridgehead atoms. The fourth-order valence-electron chi connectivity index (χ4n) is 2.67. The van der Waals surface area contributed by atoms with Crippen molar-refractivity contribution in [1.29, 1.82) is 0 Å². The molecule has 18 heavy (non-hydrogen) atoms. The Hall–Kier alpha value is -0.280. The number of rotatable bonds is 3. The van der Waals surface area contributed by atoms with E-state index in [1.54, 1.807) is 0 Å². The molecule has 0 aliphatic carbocycles. The predicted molar refractivity (Wildman–Crippen MR) is 78.2 cm³/mol. The second-order valence-electron chi connectivity index (χ2n) is 5.08. The maximum atomic E-state index is 6.27. The van der Waals surface area contributed by atoms with Gasteiger partial charge in [0.15, 0.2) is 0 Å². The van der Waals surface area contributed by atoms with Gasteiger partial charge in [-0.05, 0) is 62.5 Å². The molecule has 2 N–H and O–H groups in total. The van der Waals surface area contributed by atoms with Crippen molar-refractivity contribution in [3.8, 4) is 0 Å². The lowest BCUT2D eigenvalue weighted by Gasteiger charge is -2.37. The van der Waals surface area contributed by atoms with Gasteiger partial charge in [0, 0.05) is 22.6 Å². The lowest BCUT2D eigenvalue weighted by Crippen LogP contribution is -2.39. The number of nitrogens with two attached hydrogens (primary N) is 1. The van der Waals surface area contributed by atoms with E-state index in [9.17, 15) is 0 Å². The van der Waals surface area contributed by atoms with Crippen LogP contribution < -0.4 is 5.73 Å². The smallest absolute Gasteiger partial charge is 0.0454 e. The van der Waals surface area contributed by atoms with E-state index < -0.39 is 0 Å². The van der Waals surface area contributed by atoms with Crippen LogP contribution in [-0.4, -0.2) is 24.5 Å². The van der Waals surface area contributed by atoms with Crippen LogP contribution in [0.2, 0.25) is 10.0 Å². The van der Waals surface area contributed by atoms with Crippen molar-refractivity contribution in [2.75, 3.05) is 19.6 Å². The number of halogens is 2. The predicted octanol–water partition coefficient (Wildman–Crippen LogP) is 3.73. The molecule has 0 radical (unpaired) electrons. The molecule has 1 aliphatic heterocycles. The Morgan fingerprint density at radius 3 is 2.94 bits per heavy atom. The molecule has 100 valence electrons. The van der Waals surface area contributed by atoms with E-state index >= 15 is 0 Å². The first-order chi connectivity index (χ1) is 8.61. The summed E-state index contributed by atoms with van der Waals surface area (Å²) in [5.74, 6) is 0.610. The SMILES string of the molecule is CC(c1cc(Cl)ccc1Cl)N1CCCC(CN)C1. The summed E-state index contributed by atoms with van der Waals surface area (Å²) >= 11 is 12.3. The summed E-state index contributed by atoms with van der Waals surface area (Å²) in [6, 6.07) is 5.98. The minimum atomic E-state index is 0.297. The molecule has 0 aromatic heterocycles. The molecule has 2 unspecified atom stereocenters. The Balaban J connectivity index is 2.14. The Kier molecular flexibility index (Phi) is 4.91. The maximum Gasteiger partial charge on any atom is 0.0454 e. The molecule has 0 saturated carbocycles. The molecule has 0 spiro atoms. The third-order valence-corrected chi connectivity index (χ3v) is 4.42. The Bertz CT molecular complexity index is 409. The monoisotopic (exact) mass is 286 g/mol. The van der Waals surface area contributed by atoms with Crippen LogP contribution in [-0.2, 0) is 0 Å². The van der Waals surface area contributed by atoms with Crippen molar-refractivity contribution < 1.29 is 0 Å². The van der Waals surface area contributed by atoms with Crippen LogP contribution in [0.1, 0.15) is 31.4 Å². The molecule has 1 heterocycles. The van der Waals surface area contributed by atoms with Crippen molar-refractivity contribution in [1.82, 2.24) is 4.90 Å². The highest BCUT2D eigenvalue weighted by Crippen LogP contribution is 2.32. The zero-order chi connectivity index (χ0) is 13.1. The first-order valence-electron chi connectivity index (χ1n) is 6.51. The third kappa shape index (κ3) is 3.18. The van der Waals surface area contributed by atoms with E-state index in [-0.39, 0.29) is 0 Å². The van der Waals surface area contributed by atoms with Crippen molar-refractivity contribution >= 4 is 23.2 Å². The number of benzene rings is 1. The molecule has 1 aliphatic rings. The normalized spacial score (nSPS) is 23.0. The highest BCUT2D eigenvalue weighted by atomic mass is 35.5. The lowest BCUT2D eigenvalue weighted by atomic mass is 9.95. The average Bonchev–Trinajstić information content (AvgIpc) is 2.41. The van der Waals surface area contributed by atoms with Crippen LogP contribution in [0.3, 0.4) is 0 Å². The highest BCUT2D eigenvalue weighted by Gasteiger charge is 2.24. The van der Waals surface area contributed by atoms with Crippen LogP contribution in [0.5, 0.6) is 0 Å². The van der Waals surface area contributed by atoms with E-state index in [0.717, 1.165) is 35.2 Å². The molecular formula is C14H20Cl2N2. The van der Waals surface area contributed by atoms with Gasteiger partial charge in [-0.25, -0.2) is 0 Å². The number of hydrogen-bond acceptors (Lipinski definition) is 2. The molecule has 1 aromatic rings. The fraction of sp³-hybridized carbons (Fsp3) is 0.571. The second-order valence-corrected chi connectivity index (χ2v) is 5.92. The largest absolute Gasteiger partial charge is 0.330 e. The molecule has 0 amide bonds. The molecular weight excluding hydrogens is 267 g/mol. The number of nitrogens with zero attached hydrogens (tertiary/aromatic N) is 1. The van der Waals surface area contributed by atoms with Gasteiger partial charge in [0.2, 0.25) is 0 Å². The lowest BCUT2D eigenvalue weighted by molar-refractivity contribution is 0.134. The second kappa shape index (κ2) is 6.25. The van der Waals surface area contributed by atoms with E-state index in [4.69, 9.17) is 28.9 Å². The van der Waals surface area contributed by atoms with Gasteiger partial charge in [-0.3, -0.25) is 4.90 Å². The zero-order valence-corrected chi connectivity index (χ0v) is 12.2. The molecule has 1 saturated heterocycles. The summed E-state index contributed by atoms with van der Waals surface area (Å²) in [6.07, 6.45) is 2.45. The van der Waals surface area contributed by atoms with Crippen LogP contribution in [0.15, 0.2) is 18.2 Å². The summed E-state index contributed by atoms with van der Waals surface area (Å²) in [4.78, 5) is 2.46. The zero-order valence-electron chi connectivity index (χ0n) is 10.7. The summed E-state index contributed by atoms with van der Waals surface area (Å²) in [6.45, 7) is 5.13. The van der Waals surface area contributed by atoms with Gasteiger partial charge < -0.3 is 5.73 Å². The van der Waals surface area contributed by atoms with Gasteiger partial charge in [0.05, 0.1) is 0 Å². The van der Waals surface area contributed by atoms with Gasteiger partial charge in [0.25, 0.3) is 0 Å². The summed E-state index contributed by atoms with van der Waals surface area (Å²) < 4.78 is 0. The van der Waals surface area contributed by atoms with Gasteiger partial charge in [-0.2, -0.15) is 0 Å². The number of hydrogen-bond donors (Lipinski definition) is 1. The molecule has 2 atom stereocenters. The Morgan fingerprint density at radius 2 is 2.22 bits per heavy atom. The van der Waals surface area contributed by atoms with Crippen molar-refractivity contribution in [2.45, 2.75) is 25.8 Å². The quantitative estimate of drug-likeness (QED) is 0.918. The number of piperidine rings is 1. The molecule has 1 fully saturated rings. The standard InChI is InChI=1S/C14H20Cl2N2/c1-10(13-7-12(15)4-5-14(13)16)18-6-2-3-11(8-17)9-18/h4-5,7,10-11H,2-3,6,8-9,17H2,1H3. The van der Waals surface area contributed by atoms with Gasteiger partial charge >= 0.3 is 0 Å². The minimum Gasteiger partial charge on any atom is -0.330 e. The van der Waals surface area contributed by atoms with E-state index in [1.165, 1.54) is 12.8 Å². The van der Waals surface area contributed by atoms with Gasteiger partial charge in [-0.15, -0.1) is 0 Å². The minimum absolute atomic E-state index is 0.297. The Labute approximate surface area is 119 Å². The fourth-order valence-corrected chi connectivity index (χ4v) is 3.13. The summed E-state index contributed by atoms with van der Waals surface area (Å²) in [7, 11) is 0. The van der Waals surface area contributed by atoms with Crippen molar-refractivity contribution in [2.24, 2.45) is 11.7 Å². The molecule has 4 heteroatoms. The molecule has 1 aromatic carbocycles. The van der Waals surface area contributed by atoms with Gasteiger partial charge in [-0.1, -0.05) is 23.2 Å². The van der Waals surface area contributed by atoms with E-state index in [0.29, 0.717) is 12.0 Å². The highest BCUT2D eigenvalue weighted by molar-refractivity contribution is 6.33. The van der Waals surface area contributed by atoms with Crippen LogP contribution >= 0.6 is 23.2 Å². The van der Waals surface area contributed by atoms with E-state index in [2.05, 4.69) is 11.8 Å². The van der Waals surface area contributed by atoms with E-state index in [1.807, 2.05) is 18.2 Å². The Morgan fingerprint density at radius 1 is 1.44 bits per heavy atom. The average molecular weight is 287 g/mol. The van der Waals surface area contributed by atoms with Gasteiger partial charge in [0.1, 0.15) is 0 Å².